The van der Waals surface area contributed by atoms with E-state index in [1.165, 1.54) is 0 Å². The Bertz CT molecular complexity index is 528. The summed E-state index contributed by atoms with van der Waals surface area (Å²) in [5.74, 6) is -0.816. The fourth-order valence-electron chi connectivity index (χ4n) is 1.64. The zero-order chi connectivity index (χ0) is 11.8. The lowest BCUT2D eigenvalue weighted by atomic mass is 9.85. The van der Waals surface area contributed by atoms with E-state index in [1.807, 2.05) is 18.2 Å². The molecule has 2 rings (SSSR count). The SMILES string of the molecule is CC(C)(Cc1cccc2cnoc12)C(=O)O. The molecule has 0 radical (unpaired) electrons. The Morgan fingerprint density at radius 1 is 1.50 bits per heavy atom. The van der Waals surface area contributed by atoms with Crippen molar-refractivity contribution in [3.05, 3.63) is 30.0 Å². The Morgan fingerprint density at radius 3 is 2.94 bits per heavy atom. The summed E-state index contributed by atoms with van der Waals surface area (Å²) in [5, 5.41) is 13.7. The molecule has 1 heterocycles. The van der Waals surface area contributed by atoms with Crippen LogP contribution in [0, 0.1) is 5.41 Å². The van der Waals surface area contributed by atoms with Gasteiger partial charge in [-0.1, -0.05) is 17.3 Å². The number of aliphatic carboxylic acids is 1. The van der Waals surface area contributed by atoms with Crippen molar-refractivity contribution in [2.24, 2.45) is 5.41 Å². The molecule has 1 N–H and O–H groups in total. The van der Waals surface area contributed by atoms with Gasteiger partial charge in [-0.3, -0.25) is 4.79 Å². The number of nitrogens with zero attached hydrogens (tertiary/aromatic N) is 1. The van der Waals surface area contributed by atoms with Gasteiger partial charge < -0.3 is 9.63 Å². The summed E-state index contributed by atoms with van der Waals surface area (Å²) in [5.41, 5.74) is 0.750. The van der Waals surface area contributed by atoms with Crippen LogP contribution in [-0.4, -0.2) is 16.2 Å². The van der Waals surface area contributed by atoms with Gasteiger partial charge in [0.2, 0.25) is 0 Å². The van der Waals surface area contributed by atoms with Crippen LogP contribution in [0.3, 0.4) is 0 Å². The van der Waals surface area contributed by atoms with Crippen LogP contribution in [0.15, 0.2) is 28.9 Å². The van der Waals surface area contributed by atoms with Crippen LogP contribution < -0.4 is 0 Å². The Morgan fingerprint density at radius 2 is 2.25 bits per heavy atom. The van der Waals surface area contributed by atoms with Crippen molar-refractivity contribution in [2.75, 3.05) is 0 Å². The predicted molar refractivity (Wildman–Crippen MR) is 59.1 cm³/mol. The Labute approximate surface area is 92.9 Å². The molecule has 0 saturated heterocycles. The molecule has 0 fully saturated rings. The van der Waals surface area contributed by atoms with E-state index in [-0.39, 0.29) is 0 Å². The van der Waals surface area contributed by atoms with Gasteiger partial charge in [0, 0.05) is 5.39 Å². The summed E-state index contributed by atoms with van der Waals surface area (Å²) in [4.78, 5) is 11.1. The number of hydrogen-bond donors (Lipinski definition) is 1. The first kappa shape index (κ1) is 10.7. The zero-order valence-electron chi connectivity index (χ0n) is 9.23. The minimum Gasteiger partial charge on any atom is -0.481 e. The van der Waals surface area contributed by atoms with Crippen molar-refractivity contribution in [3.63, 3.8) is 0 Å². The van der Waals surface area contributed by atoms with Gasteiger partial charge in [-0.2, -0.15) is 0 Å². The Kier molecular flexibility index (Phi) is 2.42. The lowest BCUT2D eigenvalue weighted by Crippen LogP contribution is -2.26. The molecule has 0 spiro atoms. The van der Waals surface area contributed by atoms with Crippen molar-refractivity contribution in [1.29, 1.82) is 0 Å². The largest absolute Gasteiger partial charge is 0.481 e. The molecule has 4 heteroatoms. The van der Waals surface area contributed by atoms with E-state index in [2.05, 4.69) is 5.16 Å². The van der Waals surface area contributed by atoms with Gasteiger partial charge in [0.05, 0.1) is 11.6 Å². The molecule has 1 aromatic heterocycles. The third kappa shape index (κ3) is 1.78. The normalized spacial score (nSPS) is 11.9. The van der Waals surface area contributed by atoms with Crippen LogP contribution >= 0.6 is 0 Å². The number of benzene rings is 1. The Balaban J connectivity index is 2.41. The average Bonchev–Trinajstić information content (AvgIpc) is 2.65. The van der Waals surface area contributed by atoms with Crippen LogP contribution in [-0.2, 0) is 11.2 Å². The lowest BCUT2D eigenvalue weighted by Gasteiger charge is -2.18. The van der Waals surface area contributed by atoms with Crippen LogP contribution in [0.5, 0.6) is 0 Å². The van der Waals surface area contributed by atoms with Crippen LogP contribution in [0.25, 0.3) is 11.0 Å². The van der Waals surface area contributed by atoms with Crippen molar-refractivity contribution in [2.45, 2.75) is 20.3 Å². The third-order valence-corrected chi connectivity index (χ3v) is 2.67. The van der Waals surface area contributed by atoms with E-state index in [9.17, 15) is 4.79 Å². The fourth-order valence-corrected chi connectivity index (χ4v) is 1.64. The summed E-state index contributed by atoms with van der Waals surface area (Å²) in [6.45, 7) is 3.40. The number of aromatic nitrogens is 1. The molecular formula is C12H13NO3. The highest BCUT2D eigenvalue weighted by atomic mass is 16.5. The quantitative estimate of drug-likeness (QED) is 0.861. The summed E-state index contributed by atoms with van der Waals surface area (Å²) < 4.78 is 5.13. The number of hydrogen-bond acceptors (Lipinski definition) is 3. The standard InChI is InChI=1S/C12H13NO3/c1-12(2,11(14)15)6-8-4-3-5-9-7-13-16-10(8)9/h3-5,7H,6H2,1-2H3,(H,14,15). The molecule has 0 aliphatic rings. The average molecular weight is 219 g/mol. The number of carboxylic acid groups (broad SMARTS) is 1. The minimum atomic E-state index is -0.816. The van der Waals surface area contributed by atoms with E-state index in [0.717, 1.165) is 10.9 Å². The van der Waals surface area contributed by atoms with Crippen molar-refractivity contribution >= 4 is 16.9 Å². The maximum Gasteiger partial charge on any atom is 0.309 e. The second-order valence-corrected chi connectivity index (χ2v) is 4.53. The number of para-hydroxylation sites is 1. The highest BCUT2D eigenvalue weighted by Crippen LogP contribution is 2.27. The van der Waals surface area contributed by atoms with Crippen LogP contribution in [0.2, 0.25) is 0 Å². The highest BCUT2D eigenvalue weighted by molar-refractivity contribution is 5.81. The first-order valence-electron chi connectivity index (χ1n) is 5.06. The smallest absolute Gasteiger partial charge is 0.309 e. The van der Waals surface area contributed by atoms with Crippen LogP contribution in [0.4, 0.5) is 0 Å². The van der Waals surface area contributed by atoms with E-state index in [1.54, 1.807) is 20.0 Å². The fraction of sp³-hybridized carbons (Fsp3) is 0.333. The molecule has 16 heavy (non-hydrogen) atoms. The molecular weight excluding hydrogens is 206 g/mol. The predicted octanol–water partition coefficient (Wildman–Crippen LogP) is 2.48. The highest BCUT2D eigenvalue weighted by Gasteiger charge is 2.28. The molecule has 0 unspecified atom stereocenters. The summed E-state index contributed by atoms with van der Waals surface area (Å²) >= 11 is 0. The summed E-state index contributed by atoms with van der Waals surface area (Å²) in [6.07, 6.45) is 2.06. The molecule has 0 aliphatic carbocycles. The number of rotatable bonds is 3. The van der Waals surface area contributed by atoms with Gasteiger partial charge in [0.25, 0.3) is 0 Å². The minimum absolute atomic E-state index is 0.425. The number of carbonyl (C=O) groups is 1. The maximum absolute atomic E-state index is 11.1. The summed E-state index contributed by atoms with van der Waals surface area (Å²) in [7, 11) is 0. The van der Waals surface area contributed by atoms with Crippen molar-refractivity contribution in [3.8, 4) is 0 Å². The Hall–Kier alpha value is -1.84. The molecule has 4 nitrogen and oxygen atoms in total. The molecule has 1 aromatic carbocycles. The van der Waals surface area contributed by atoms with Crippen molar-refractivity contribution < 1.29 is 14.4 Å². The second-order valence-electron chi connectivity index (χ2n) is 4.53. The van der Waals surface area contributed by atoms with Gasteiger partial charge in [-0.05, 0) is 31.9 Å². The first-order valence-corrected chi connectivity index (χ1v) is 5.06. The van der Waals surface area contributed by atoms with Gasteiger partial charge in [0.15, 0.2) is 5.58 Å². The van der Waals surface area contributed by atoms with E-state index in [4.69, 9.17) is 9.63 Å². The molecule has 84 valence electrons. The molecule has 0 amide bonds. The topological polar surface area (TPSA) is 63.3 Å². The molecule has 0 bridgehead atoms. The van der Waals surface area contributed by atoms with E-state index < -0.39 is 11.4 Å². The van der Waals surface area contributed by atoms with Gasteiger partial charge in [-0.15, -0.1) is 0 Å². The molecule has 0 aliphatic heterocycles. The summed E-state index contributed by atoms with van der Waals surface area (Å²) in [6, 6.07) is 5.65. The molecule has 0 saturated carbocycles. The second kappa shape index (κ2) is 3.63. The molecule has 2 aromatic rings. The molecule has 0 atom stereocenters. The van der Waals surface area contributed by atoms with Gasteiger partial charge >= 0.3 is 5.97 Å². The maximum atomic E-state index is 11.1. The lowest BCUT2D eigenvalue weighted by molar-refractivity contribution is -0.146. The monoisotopic (exact) mass is 219 g/mol. The zero-order valence-corrected chi connectivity index (χ0v) is 9.23. The van der Waals surface area contributed by atoms with Gasteiger partial charge in [0.1, 0.15) is 0 Å². The number of carboxylic acids is 1. The van der Waals surface area contributed by atoms with E-state index >= 15 is 0 Å². The van der Waals surface area contributed by atoms with Gasteiger partial charge in [-0.25, -0.2) is 0 Å². The number of fused-ring (bicyclic) bond motifs is 1. The first-order chi connectivity index (χ1) is 7.50. The van der Waals surface area contributed by atoms with E-state index in [0.29, 0.717) is 12.0 Å². The third-order valence-electron chi connectivity index (χ3n) is 2.67. The van der Waals surface area contributed by atoms with Crippen LogP contribution in [0.1, 0.15) is 19.4 Å². The van der Waals surface area contributed by atoms with Crippen molar-refractivity contribution in [1.82, 2.24) is 5.16 Å².